The van der Waals surface area contributed by atoms with Crippen LogP contribution in [0.25, 0.3) is 11.1 Å². The van der Waals surface area contributed by atoms with E-state index in [1.165, 1.54) is 41.9 Å². The van der Waals surface area contributed by atoms with Crippen LogP contribution in [0.5, 0.6) is 0 Å². The molecule has 1 aliphatic heterocycles. The Hall–Kier alpha value is -2.16. The largest absolute Gasteiger partial charge is 0.0979 e. The monoisotopic (exact) mass is 388 g/mol. The van der Waals surface area contributed by atoms with Crippen molar-refractivity contribution in [2.24, 2.45) is 0 Å². The minimum absolute atomic E-state index is 1.06. The minimum Gasteiger partial charge on any atom is -0.0979 e. The minimum atomic E-state index is 1.06. The lowest BCUT2D eigenvalue weighted by Gasteiger charge is -2.25. The molecule has 3 rings (SSSR count). The zero-order valence-corrected chi connectivity index (χ0v) is 17.7. The Morgan fingerprint density at radius 2 is 1.74 bits per heavy atom. The van der Waals surface area contributed by atoms with Gasteiger partial charge in [0.1, 0.15) is 0 Å². The maximum absolute atomic E-state index is 4.39. The first-order chi connectivity index (χ1) is 13.1. The summed E-state index contributed by atoms with van der Waals surface area (Å²) in [7, 11) is 0. The van der Waals surface area contributed by atoms with Gasteiger partial charge in [0.2, 0.25) is 0 Å². The number of benzene rings is 2. The maximum Gasteiger partial charge on any atom is 0.0343 e. The van der Waals surface area contributed by atoms with Gasteiger partial charge in [-0.15, -0.1) is 0 Å². The number of fused-ring (bicyclic) bond motifs is 1. The number of thioether (sulfide) groups is 2. The fraction of sp³-hybridized carbons (Fsp3) is 0.120. The number of aryl methyl sites for hydroxylation is 1. The van der Waals surface area contributed by atoms with E-state index in [-0.39, 0.29) is 0 Å². The van der Waals surface area contributed by atoms with Gasteiger partial charge in [-0.1, -0.05) is 103 Å². The lowest BCUT2D eigenvalue weighted by molar-refractivity contribution is 1.17. The Bertz CT molecular complexity index is 973. The van der Waals surface area contributed by atoms with Crippen LogP contribution in [0.4, 0.5) is 0 Å². The molecule has 0 N–H and O–H groups in total. The van der Waals surface area contributed by atoms with Gasteiger partial charge in [-0.05, 0) is 48.6 Å². The number of hydrogen-bond donors (Lipinski definition) is 0. The van der Waals surface area contributed by atoms with E-state index in [0.717, 1.165) is 5.57 Å². The second-order valence-electron chi connectivity index (χ2n) is 6.41. The fourth-order valence-corrected chi connectivity index (χ4v) is 5.58. The number of hydrogen-bond acceptors (Lipinski definition) is 2. The molecule has 0 atom stereocenters. The highest BCUT2D eigenvalue weighted by molar-refractivity contribution is 8.09. The van der Waals surface area contributed by atoms with Crippen molar-refractivity contribution in [3.63, 3.8) is 0 Å². The molecule has 0 aromatic heterocycles. The summed E-state index contributed by atoms with van der Waals surface area (Å²) in [5.74, 6) is 0. The Morgan fingerprint density at radius 1 is 1.00 bits per heavy atom. The molecule has 0 bridgehead atoms. The molecule has 0 nitrogen and oxygen atoms in total. The summed E-state index contributed by atoms with van der Waals surface area (Å²) in [6.07, 6.45) is 8.17. The smallest absolute Gasteiger partial charge is 0.0343 e. The van der Waals surface area contributed by atoms with Gasteiger partial charge in [0.25, 0.3) is 0 Å². The third-order valence-electron chi connectivity index (χ3n) is 4.51. The first kappa shape index (κ1) is 19.6. The van der Waals surface area contributed by atoms with Gasteiger partial charge in [-0.2, -0.15) is 0 Å². The molecule has 2 aromatic carbocycles. The average molecular weight is 389 g/mol. The fourth-order valence-electron chi connectivity index (χ4n) is 2.91. The van der Waals surface area contributed by atoms with Crippen molar-refractivity contribution in [1.29, 1.82) is 0 Å². The summed E-state index contributed by atoms with van der Waals surface area (Å²) >= 11 is 3.62. The van der Waals surface area contributed by atoms with Crippen LogP contribution in [-0.4, -0.2) is 0 Å². The van der Waals surface area contributed by atoms with Gasteiger partial charge < -0.3 is 0 Å². The van der Waals surface area contributed by atoms with Crippen LogP contribution in [0.1, 0.15) is 19.4 Å². The predicted octanol–water partition coefficient (Wildman–Crippen LogP) is 8.34. The standard InChI is InChI=1S/C25H24S2/c1-6-8-12-17(3)19(5)24-22(7-2)26-23-18(4)15-16-21(25(23)27-24)20-13-10-9-11-14-20/h6-16H,2,5H2,1,3-4H3/b8-6-,17-12+. The molecule has 2 heteroatoms. The van der Waals surface area contributed by atoms with E-state index in [0.29, 0.717) is 0 Å². The summed E-state index contributed by atoms with van der Waals surface area (Å²) in [6.45, 7) is 14.8. The Morgan fingerprint density at radius 3 is 2.41 bits per heavy atom. The van der Waals surface area contributed by atoms with Crippen molar-refractivity contribution in [3.05, 3.63) is 106 Å². The van der Waals surface area contributed by atoms with Crippen LogP contribution < -0.4 is 0 Å². The van der Waals surface area contributed by atoms with Gasteiger partial charge >= 0.3 is 0 Å². The summed E-state index contributed by atoms with van der Waals surface area (Å²) in [5, 5.41) is 0. The van der Waals surface area contributed by atoms with Crippen LogP contribution in [0.15, 0.2) is 111 Å². The first-order valence-electron chi connectivity index (χ1n) is 8.97. The molecule has 0 unspecified atom stereocenters. The van der Waals surface area contributed by atoms with Crippen molar-refractivity contribution >= 4 is 23.5 Å². The SMILES string of the molecule is C=CC1=C(C(=C)/C(C)=C/C=C\C)Sc2c(-c3ccccc3)ccc(C)c2S1. The number of allylic oxidation sites excluding steroid dienone is 6. The zero-order chi connectivity index (χ0) is 19.4. The van der Waals surface area contributed by atoms with E-state index in [1.54, 1.807) is 11.8 Å². The van der Waals surface area contributed by atoms with Crippen LogP contribution in [0, 0.1) is 6.92 Å². The van der Waals surface area contributed by atoms with Gasteiger partial charge in [0.05, 0.1) is 0 Å². The van der Waals surface area contributed by atoms with E-state index in [9.17, 15) is 0 Å². The van der Waals surface area contributed by atoms with Crippen LogP contribution in [-0.2, 0) is 0 Å². The molecule has 2 aromatic rings. The lowest BCUT2D eigenvalue weighted by Crippen LogP contribution is -1.99. The Balaban J connectivity index is 2.11. The van der Waals surface area contributed by atoms with Gasteiger partial charge in [0.15, 0.2) is 0 Å². The van der Waals surface area contributed by atoms with Crippen molar-refractivity contribution < 1.29 is 0 Å². The first-order valence-corrected chi connectivity index (χ1v) is 10.6. The van der Waals surface area contributed by atoms with Crippen LogP contribution in [0.3, 0.4) is 0 Å². The lowest BCUT2D eigenvalue weighted by atomic mass is 10.0. The van der Waals surface area contributed by atoms with E-state index < -0.39 is 0 Å². The Labute approximate surface area is 171 Å². The van der Waals surface area contributed by atoms with Gasteiger partial charge in [-0.25, -0.2) is 0 Å². The topological polar surface area (TPSA) is 0 Å². The highest BCUT2D eigenvalue weighted by Crippen LogP contribution is 2.54. The molecule has 0 saturated carbocycles. The summed E-state index contributed by atoms with van der Waals surface area (Å²) in [5.41, 5.74) is 6.05. The van der Waals surface area contributed by atoms with E-state index in [1.807, 2.05) is 30.8 Å². The van der Waals surface area contributed by atoms with E-state index in [2.05, 4.69) is 81.6 Å². The molecule has 1 aliphatic rings. The average Bonchev–Trinajstić information content (AvgIpc) is 2.71. The maximum atomic E-state index is 4.39. The molecule has 0 saturated heterocycles. The summed E-state index contributed by atoms with van der Waals surface area (Å²) in [6, 6.07) is 15.0. The highest BCUT2D eigenvalue weighted by Gasteiger charge is 2.24. The van der Waals surface area contributed by atoms with Crippen molar-refractivity contribution in [2.45, 2.75) is 30.6 Å². The quantitative estimate of drug-likeness (QED) is 0.472. The molecule has 0 radical (unpaired) electrons. The van der Waals surface area contributed by atoms with Crippen molar-refractivity contribution in [1.82, 2.24) is 0 Å². The third-order valence-corrected chi connectivity index (χ3v) is 7.39. The van der Waals surface area contributed by atoms with E-state index in [4.69, 9.17) is 0 Å². The molecule has 0 aliphatic carbocycles. The molecule has 0 spiro atoms. The number of rotatable bonds is 5. The van der Waals surface area contributed by atoms with Crippen molar-refractivity contribution in [2.75, 3.05) is 0 Å². The van der Waals surface area contributed by atoms with Gasteiger partial charge in [-0.3, -0.25) is 0 Å². The molecule has 27 heavy (non-hydrogen) atoms. The van der Waals surface area contributed by atoms with Crippen molar-refractivity contribution in [3.8, 4) is 11.1 Å². The molecule has 0 fully saturated rings. The molecule has 136 valence electrons. The molecular formula is C25H24S2. The third kappa shape index (κ3) is 4.07. The second-order valence-corrected chi connectivity index (χ2v) is 8.48. The van der Waals surface area contributed by atoms with Crippen LogP contribution in [0.2, 0.25) is 0 Å². The summed E-state index contributed by atoms with van der Waals surface area (Å²) in [4.78, 5) is 5.01. The zero-order valence-electron chi connectivity index (χ0n) is 16.1. The van der Waals surface area contributed by atoms with E-state index >= 15 is 0 Å². The normalized spacial score (nSPS) is 14.4. The second kappa shape index (κ2) is 8.69. The molecular weight excluding hydrogens is 364 g/mol. The predicted molar refractivity (Wildman–Crippen MR) is 123 cm³/mol. The van der Waals surface area contributed by atoms with Crippen LogP contribution >= 0.6 is 23.5 Å². The molecule has 1 heterocycles. The molecule has 0 amide bonds. The Kier molecular flexibility index (Phi) is 6.30. The van der Waals surface area contributed by atoms with Gasteiger partial charge in [0, 0.05) is 19.6 Å². The highest BCUT2D eigenvalue weighted by atomic mass is 32.2. The summed E-state index contributed by atoms with van der Waals surface area (Å²) < 4.78 is 0.